The minimum atomic E-state index is 0.898. The molecule has 0 aliphatic heterocycles. The first-order chi connectivity index (χ1) is 8.65. The van der Waals surface area contributed by atoms with Gasteiger partial charge >= 0.3 is 0 Å². The molecular formula is C17H27I. The van der Waals surface area contributed by atoms with Crippen molar-refractivity contribution in [2.45, 2.75) is 52.9 Å². The second-order valence-electron chi connectivity index (χ2n) is 5.64. The number of benzene rings is 1. The van der Waals surface area contributed by atoms with Gasteiger partial charge in [0.25, 0.3) is 0 Å². The maximum Gasteiger partial charge on any atom is 0.00238 e. The molecule has 1 heteroatoms. The van der Waals surface area contributed by atoms with Gasteiger partial charge in [0.2, 0.25) is 0 Å². The molecule has 18 heavy (non-hydrogen) atoms. The van der Waals surface area contributed by atoms with Crippen LogP contribution in [0.2, 0.25) is 0 Å². The summed E-state index contributed by atoms with van der Waals surface area (Å²) in [5, 5.41) is 0. The van der Waals surface area contributed by atoms with E-state index < -0.39 is 0 Å². The lowest BCUT2D eigenvalue weighted by atomic mass is 9.92. The number of halogens is 1. The molecule has 0 nitrogen and oxygen atoms in total. The lowest BCUT2D eigenvalue weighted by Gasteiger charge is -2.16. The smallest absolute Gasteiger partial charge is 0.00238 e. The number of alkyl halides is 1. The Hall–Kier alpha value is -0.0500. The van der Waals surface area contributed by atoms with E-state index in [2.05, 4.69) is 67.6 Å². The Balaban J connectivity index is 2.35. The van der Waals surface area contributed by atoms with Crippen molar-refractivity contribution < 1.29 is 0 Å². The molecule has 0 spiro atoms. The highest BCUT2D eigenvalue weighted by molar-refractivity contribution is 14.1. The van der Waals surface area contributed by atoms with E-state index in [4.69, 9.17) is 0 Å². The minimum absolute atomic E-state index is 0.898. The van der Waals surface area contributed by atoms with Crippen LogP contribution < -0.4 is 0 Å². The molecule has 1 rings (SSSR count). The van der Waals surface area contributed by atoms with E-state index in [9.17, 15) is 0 Å². The lowest BCUT2D eigenvalue weighted by Crippen LogP contribution is -2.06. The van der Waals surface area contributed by atoms with Crippen LogP contribution in [0.3, 0.4) is 0 Å². The average Bonchev–Trinajstić information content (AvgIpc) is 2.38. The summed E-state index contributed by atoms with van der Waals surface area (Å²) in [6.07, 6.45) is 6.73. The molecule has 1 aromatic carbocycles. The predicted molar refractivity (Wildman–Crippen MR) is 90.6 cm³/mol. The maximum atomic E-state index is 2.56. The molecule has 0 radical (unpaired) electrons. The van der Waals surface area contributed by atoms with E-state index in [0.29, 0.717) is 0 Å². The van der Waals surface area contributed by atoms with Gasteiger partial charge in [0.05, 0.1) is 0 Å². The summed E-state index contributed by atoms with van der Waals surface area (Å²) in [5.74, 6) is 1.80. The minimum Gasteiger partial charge on any atom is -0.0861 e. The van der Waals surface area contributed by atoms with Crippen molar-refractivity contribution in [3.8, 4) is 0 Å². The summed E-state index contributed by atoms with van der Waals surface area (Å²) < 4.78 is 1.31. The predicted octanol–water partition coefficient (Wildman–Crippen LogP) is 5.81. The van der Waals surface area contributed by atoms with Crippen molar-refractivity contribution in [3.05, 3.63) is 35.4 Å². The van der Waals surface area contributed by atoms with E-state index in [1.165, 1.54) is 47.7 Å². The Morgan fingerprint density at radius 3 is 2.56 bits per heavy atom. The molecule has 0 amide bonds. The third-order valence-corrected chi connectivity index (χ3v) is 5.15. The first kappa shape index (κ1) is 16.0. The van der Waals surface area contributed by atoms with Gasteiger partial charge in [-0.25, -0.2) is 0 Å². The number of aryl methyl sites for hydroxylation is 2. The number of hydrogen-bond donors (Lipinski definition) is 0. The largest absolute Gasteiger partial charge is 0.0861 e. The summed E-state index contributed by atoms with van der Waals surface area (Å²) in [6.45, 7) is 6.86. The molecule has 2 atom stereocenters. The normalized spacial score (nSPS) is 14.4. The second kappa shape index (κ2) is 8.95. The highest BCUT2D eigenvalue weighted by atomic mass is 127. The van der Waals surface area contributed by atoms with Crippen molar-refractivity contribution in [1.29, 1.82) is 0 Å². The fourth-order valence-corrected chi connectivity index (χ4v) is 3.14. The van der Waals surface area contributed by atoms with Crippen molar-refractivity contribution in [2.75, 3.05) is 4.43 Å². The van der Waals surface area contributed by atoms with Crippen molar-refractivity contribution in [2.24, 2.45) is 11.8 Å². The van der Waals surface area contributed by atoms with Crippen LogP contribution in [0.25, 0.3) is 0 Å². The van der Waals surface area contributed by atoms with Crippen LogP contribution in [0.1, 0.15) is 50.7 Å². The second-order valence-corrected chi connectivity index (χ2v) is 6.52. The maximum absolute atomic E-state index is 2.56. The SMILES string of the molecule is CCC(C)CC[C@@H](CI)CCc1cccc(C)c1. The average molecular weight is 358 g/mol. The quantitative estimate of drug-likeness (QED) is 0.407. The van der Waals surface area contributed by atoms with E-state index in [0.717, 1.165) is 11.8 Å². The standard InChI is InChI=1S/C17H27I/c1-4-14(2)8-9-17(13-18)11-10-16-7-5-6-15(3)12-16/h5-7,12,14,17H,4,8-11,13H2,1-3H3/t14?,17-/m1/s1. The highest BCUT2D eigenvalue weighted by Gasteiger charge is 2.09. The molecule has 0 saturated carbocycles. The van der Waals surface area contributed by atoms with Crippen LogP contribution in [0.4, 0.5) is 0 Å². The Morgan fingerprint density at radius 1 is 1.17 bits per heavy atom. The molecule has 0 saturated heterocycles. The van der Waals surface area contributed by atoms with Gasteiger partial charge in [-0.3, -0.25) is 0 Å². The van der Waals surface area contributed by atoms with E-state index >= 15 is 0 Å². The van der Waals surface area contributed by atoms with Crippen LogP contribution in [-0.4, -0.2) is 4.43 Å². The fourth-order valence-electron chi connectivity index (χ4n) is 2.26. The van der Waals surface area contributed by atoms with Gasteiger partial charge in [-0.2, -0.15) is 0 Å². The third-order valence-electron chi connectivity index (χ3n) is 3.91. The molecule has 1 aromatic rings. The molecule has 102 valence electrons. The van der Waals surface area contributed by atoms with Crippen LogP contribution in [0, 0.1) is 18.8 Å². The summed E-state index contributed by atoms with van der Waals surface area (Å²) in [5.41, 5.74) is 2.89. The Kier molecular flexibility index (Phi) is 7.96. The number of rotatable bonds is 8. The Bertz CT molecular complexity index is 332. The third kappa shape index (κ3) is 6.21. The van der Waals surface area contributed by atoms with Crippen LogP contribution in [0.15, 0.2) is 24.3 Å². The molecule has 1 unspecified atom stereocenters. The van der Waals surface area contributed by atoms with Gasteiger partial charge in [-0.1, -0.05) is 79.1 Å². The van der Waals surface area contributed by atoms with Gasteiger partial charge < -0.3 is 0 Å². The van der Waals surface area contributed by atoms with E-state index in [1.807, 2.05) is 0 Å². The monoisotopic (exact) mass is 358 g/mol. The molecule has 0 N–H and O–H groups in total. The zero-order valence-electron chi connectivity index (χ0n) is 12.1. The first-order valence-corrected chi connectivity index (χ1v) is 8.79. The Labute approximate surface area is 127 Å². The van der Waals surface area contributed by atoms with E-state index in [1.54, 1.807) is 0 Å². The van der Waals surface area contributed by atoms with Crippen LogP contribution in [0.5, 0.6) is 0 Å². The van der Waals surface area contributed by atoms with Crippen LogP contribution >= 0.6 is 22.6 Å². The summed E-state index contributed by atoms with van der Waals surface area (Å²) in [7, 11) is 0. The lowest BCUT2D eigenvalue weighted by molar-refractivity contribution is 0.414. The highest BCUT2D eigenvalue weighted by Crippen LogP contribution is 2.21. The molecule has 0 aliphatic rings. The number of hydrogen-bond acceptors (Lipinski definition) is 0. The molecular weight excluding hydrogens is 331 g/mol. The molecule has 0 heterocycles. The topological polar surface area (TPSA) is 0 Å². The molecule has 0 aliphatic carbocycles. The summed E-state index contributed by atoms with van der Waals surface area (Å²) >= 11 is 2.56. The zero-order valence-corrected chi connectivity index (χ0v) is 14.2. The fraction of sp³-hybridized carbons (Fsp3) is 0.647. The van der Waals surface area contributed by atoms with Gasteiger partial charge in [-0.05, 0) is 43.6 Å². The summed E-state index contributed by atoms with van der Waals surface area (Å²) in [4.78, 5) is 0. The Morgan fingerprint density at radius 2 is 1.94 bits per heavy atom. The van der Waals surface area contributed by atoms with Gasteiger partial charge in [0.15, 0.2) is 0 Å². The van der Waals surface area contributed by atoms with Gasteiger partial charge in [0.1, 0.15) is 0 Å². The zero-order chi connectivity index (χ0) is 13.4. The van der Waals surface area contributed by atoms with Gasteiger partial charge in [-0.15, -0.1) is 0 Å². The van der Waals surface area contributed by atoms with Gasteiger partial charge in [0, 0.05) is 4.43 Å². The summed E-state index contributed by atoms with van der Waals surface area (Å²) in [6, 6.07) is 8.97. The van der Waals surface area contributed by atoms with Crippen molar-refractivity contribution in [3.63, 3.8) is 0 Å². The van der Waals surface area contributed by atoms with E-state index in [-0.39, 0.29) is 0 Å². The van der Waals surface area contributed by atoms with Crippen molar-refractivity contribution >= 4 is 22.6 Å². The molecule has 0 bridgehead atoms. The van der Waals surface area contributed by atoms with Crippen LogP contribution in [-0.2, 0) is 6.42 Å². The van der Waals surface area contributed by atoms with Crippen molar-refractivity contribution in [1.82, 2.24) is 0 Å². The molecule has 0 fully saturated rings. The molecule has 0 aromatic heterocycles. The first-order valence-electron chi connectivity index (χ1n) is 7.27.